The third-order valence-electron chi connectivity index (χ3n) is 3.28. The Balaban J connectivity index is 2.41. The van der Waals surface area contributed by atoms with E-state index >= 15 is 0 Å². The summed E-state index contributed by atoms with van der Waals surface area (Å²) in [5.74, 6) is -0.275. The van der Waals surface area contributed by atoms with Crippen LogP contribution in [0.15, 0.2) is 17.5 Å². The molecule has 0 saturated heterocycles. The molecule has 6 heteroatoms. The van der Waals surface area contributed by atoms with Crippen molar-refractivity contribution in [2.24, 2.45) is 0 Å². The molecule has 0 aliphatic rings. The summed E-state index contributed by atoms with van der Waals surface area (Å²) in [6, 6.07) is 3.57. The van der Waals surface area contributed by atoms with Crippen molar-refractivity contribution in [2.45, 2.75) is 26.7 Å². The Kier molecular flexibility index (Phi) is 7.08. The molecule has 0 bridgehead atoms. The zero-order chi connectivity index (χ0) is 15.8. The molecule has 0 saturated carbocycles. The smallest absolute Gasteiger partial charge is 0.242 e. The van der Waals surface area contributed by atoms with E-state index < -0.39 is 0 Å². The van der Waals surface area contributed by atoms with Crippen LogP contribution in [0.2, 0.25) is 0 Å². The SMILES string of the molecule is CCN(CC)C(=O)CN(C)C(=O)CCC(=O)c1cccs1. The van der Waals surface area contributed by atoms with E-state index in [9.17, 15) is 14.4 Å². The number of carbonyl (C=O) groups excluding carboxylic acids is 3. The van der Waals surface area contributed by atoms with Gasteiger partial charge in [-0.25, -0.2) is 0 Å². The van der Waals surface area contributed by atoms with Gasteiger partial charge in [0.25, 0.3) is 0 Å². The highest BCUT2D eigenvalue weighted by atomic mass is 32.1. The van der Waals surface area contributed by atoms with E-state index in [0.29, 0.717) is 18.0 Å². The fraction of sp³-hybridized carbons (Fsp3) is 0.533. The van der Waals surface area contributed by atoms with E-state index in [1.165, 1.54) is 16.2 Å². The van der Waals surface area contributed by atoms with Crippen molar-refractivity contribution in [2.75, 3.05) is 26.7 Å². The second kappa shape index (κ2) is 8.56. The topological polar surface area (TPSA) is 57.7 Å². The molecule has 0 aromatic carbocycles. The lowest BCUT2D eigenvalue weighted by molar-refractivity contribution is -0.139. The molecule has 0 spiro atoms. The standard InChI is InChI=1S/C15H22N2O3S/c1-4-17(5-2)15(20)11-16(3)14(19)9-8-12(18)13-7-6-10-21-13/h6-7,10H,4-5,8-9,11H2,1-3H3. The lowest BCUT2D eigenvalue weighted by Gasteiger charge is -2.23. The monoisotopic (exact) mass is 310 g/mol. The number of likely N-dealkylation sites (N-methyl/N-ethyl adjacent to an activating group) is 2. The van der Waals surface area contributed by atoms with Gasteiger partial charge in [0.15, 0.2) is 5.78 Å². The summed E-state index contributed by atoms with van der Waals surface area (Å²) in [6.45, 7) is 5.14. The van der Waals surface area contributed by atoms with Gasteiger partial charge in [-0.2, -0.15) is 0 Å². The Labute approximate surface area is 129 Å². The highest BCUT2D eigenvalue weighted by Gasteiger charge is 2.17. The fourth-order valence-electron chi connectivity index (χ4n) is 1.94. The maximum atomic E-state index is 12.0. The number of nitrogens with zero attached hydrogens (tertiary/aromatic N) is 2. The number of rotatable bonds is 8. The zero-order valence-electron chi connectivity index (χ0n) is 12.8. The quantitative estimate of drug-likeness (QED) is 0.690. The Morgan fingerprint density at radius 2 is 1.76 bits per heavy atom. The maximum Gasteiger partial charge on any atom is 0.242 e. The molecule has 116 valence electrons. The van der Waals surface area contributed by atoms with E-state index in [0.717, 1.165) is 0 Å². The first kappa shape index (κ1) is 17.4. The van der Waals surface area contributed by atoms with Crippen molar-refractivity contribution in [3.63, 3.8) is 0 Å². The first-order valence-corrected chi connectivity index (χ1v) is 7.96. The number of carbonyl (C=O) groups is 3. The number of hydrogen-bond donors (Lipinski definition) is 0. The molecule has 0 aliphatic carbocycles. The predicted octanol–water partition coefficient (Wildman–Crippen LogP) is 2.04. The lowest BCUT2D eigenvalue weighted by atomic mass is 10.2. The fourth-order valence-corrected chi connectivity index (χ4v) is 2.63. The molecule has 5 nitrogen and oxygen atoms in total. The second-order valence-electron chi connectivity index (χ2n) is 4.72. The summed E-state index contributed by atoms with van der Waals surface area (Å²) < 4.78 is 0. The van der Waals surface area contributed by atoms with E-state index in [-0.39, 0.29) is 37.0 Å². The maximum absolute atomic E-state index is 12.0. The van der Waals surface area contributed by atoms with Crippen LogP contribution >= 0.6 is 11.3 Å². The largest absolute Gasteiger partial charge is 0.342 e. The summed E-state index contributed by atoms with van der Waals surface area (Å²) in [5.41, 5.74) is 0. The van der Waals surface area contributed by atoms with Crippen molar-refractivity contribution in [3.05, 3.63) is 22.4 Å². The first-order valence-electron chi connectivity index (χ1n) is 7.08. The molecule has 1 aromatic rings. The Bertz CT molecular complexity index is 481. The predicted molar refractivity (Wildman–Crippen MR) is 83.4 cm³/mol. The summed E-state index contributed by atoms with van der Waals surface area (Å²) >= 11 is 1.38. The van der Waals surface area contributed by atoms with Gasteiger partial charge in [0.05, 0.1) is 11.4 Å². The van der Waals surface area contributed by atoms with Crippen molar-refractivity contribution >= 4 is 28.9 Å². The number of thiophene rings is 1. The average molecular weight is 310 g/mol. The third kappa shape index (κ3) is 5.30. The van der Waals surface area contributed by atoms with Crippen LogP contribution in [0, 0.1) is 0 Å². The summed E-state index contributed by atoms with van der Waals surface area (Å²) in [6.07, 6.45) is 0.321. The van der Waals surface area contributed by atoms with Gasteiger partial charge in [-0.05, 0) is 25.3 Å². The molecule has 0 atom stereocenters. The molecule has 0 fully saturated rings. The van der Waals surface area contributed by atoms with E-state index in [4.69, 9.17) is 0 Å². The molecule has 0 N–H and O–H groups in total. The minimum absolute atomic E-state index is 0.0261. The van der Waals surface area contributed by atoms with E-state index in [1.807, 2.05) is 25.3 Å². The van der Waals surface area contributed by atoms with Crippen LogP contribution in [0.3, 0.4) is 0 Å². The highest BCUT2D eigenvalue weighted by Crippen LogP contribution is 2.12. The Morgan fingerprint density at radius 3 is 2.29 bits per heavy atom. The Hall–Kier alpha value is -1.69. The normalized spacial score (nSPS) is 10.2. The van der Waals surface area contributed by atoms with Gasteiger partial charge in [0, 0.05) is 33.0 Å². The van der Waals surface area contributed by atoms with Gasteiger partial charge >= 0.3 is 0 Å². The van der Waals surface area contributed by atoms with Gasteiger partial charge in [0.1, 0.15) is 0 Å². The van der Waals surface area contributed by atoms with Crippen molar-refractivity contribution < 1.29 is 14.4 Å². The molecule has 1 rings (SSSR count). The van der Waals surface area contributed by atoms with Crippen LogP contribution in [0.1, 0.15) is 36.4 Å². The van der Waals surface area contributed by atoms with E-state index in [1.54, 1.807) is 18.0 Å². The minimum Gasteiger partial charge on any atom is -0.342 e. The van der Waals surface area contributed by atoms with Gasteiger partial charge < -0.3 is 9.80 Å². The van der Waals surface area contributed by atoms with Crippen LogP contribution in [-0.2, 0) is 9.59 Å². The van der Waals surface area contributed by atoms with Crippen LogP contribution in [0.4, 0.5) is 0 Å². The molecule has 21 heavy (non-hydrogen) atoms. The number of hydrogen-bond acceptors (Lipinski definition) is 4. The number of ketones is 1. The molecule has 2 amide bonds. The lowest BCUT2D eigenvalue weighted by Crippen LogP contribution is -2.41. The molecule has 0 aliphatic heterocycles. The van der Waals surface area contributed by atoms with Crippen LogP contribution < -0.4 is 0 Å². The van der Waals surface area contributed by atoms with Gasteiger partial charge in [-0.3, -0.25) is 14.4 Å². The molecular formula is C15H22N2O3S. The summed E-state index contributed by atoms with van der Waals surface area (Å²) in [4.78, 5) is 39.4. The van der Waals surface area contributed by atoms with E-state index in [2.05, 4.69) is 0 Å². The highest BCUT2D eigenvalue weighted by molar-refractivity contribution is 7.12. The first-order chi connectivity index (χ1) is 9.99. The minimum atomic E-state index is -0.180. The van der Waals surface area contributed by atoms with Gasteiger partial charge in [-0.15, -0.1) is 11.3 Å². The number of amides is 2. The van der Waals surface area contributed by atoms with Crippen molar-refractivity contribution in [3.8, 4) is 0 Å². The molecule has 1 heterocycles. The molecule has 0 unspecified atom stereocenters. The third-order valence-corrected chi connectivity index (χ3v) is 4.19. The van der Waals surface area contributed by atoms with Crippen molar-refractivity contribution in [1.29, 1.82) is 0 Å². The van der Waals surface area contributed by atoms with Crippen molar-refractivity contribution in [1.82, 2.24) is 9.80 Å². The van der Waals surface area contributed by atoms with Crippen LogP contribution in [0.25, 0.3) is 0 Å². The molecule has 0 radical (unpaired) electrons. The van der Waals surface area contributed by atoms with Gasteiger partial charge in [-0.1, -0.05) is 6.07 Å². The summed E-state index contributed by atoms with van der Waals surface area (Å²) in [5, 5.41) is 1.84. The molecular weight excluding hydrogens is 288 g/mol. The summed E-state index contributed by atoms with van der Waals surface area (Å²) in [7, 11) is 1.60. The zero-order valence-corrected chi connectivity index (χ0v) is 13.6. The Morgan fingerprint density at radius 1 is 1.10 bits per heavy atom. The van der Waals surface area contributed by atoms with Gasteiger partial charge in [0.2, 0.25) is 11.8 Å². The second-order valence-corrected chi connectivity index (χ2v) is 5.66. The molecule has 1 aromatic heterocycles. The van der Waals surface area contributed by atoms with Crippen LogP contribution in [-0.4, -0.2) is 54.1 Å². The average Bonchev–Trinajstić information content (AvgIpc) is 2.99. The van der Waals surface area contributed by atoms with Crippen LogP contribution in [0.5, 0.6) is 0 Å². The number of Topliss-reactive ketones (excluding diaryl/α,β-unsaturated/α-hetero) is 1.